The van der Waals surface area contributed by atoms with Crippen molar-refractivity contribution < 1.29 is 8.60 Å². The van der Waals surface area contributed by atoms with Crippen molar-refractivity contribution in [2.24, 2.45) is 5.92 Å². The lowest BCUT2D eigenvalue weighted by Gasteiger charge is -2.09. The van der Waals surface area contributed by atoms with Gasteiger partial charge in [0.25, 0.3) is 0 Å². The van der Waals surface area contributed by atoms with E-state index in [1.54, 1.807) is 6.07 Å². The third-order valence-electron chi connectivity index (χ3n) is 3.29. The summed E-state index contributed by atoms with van der Waals surface area (Å²) in [7, 11) is -0.883. The third kappa shape index (κ3) is 3.53. The second-order valence-corrected chi connectivity index (χ2v) is 6.26. The summed E-state index contributed by atoms with van der Waals surface area (Å²) in [5, 5.41) is 0. The molecule has 2 rings (SSSR count). The summed E-state index contributed by atoms with van der Waals surface area (Å²) < 4.78 is 25.1. The van der Waals surface area contributed by atoms with Gasteiger partial charge < -0.3 is 5.73 Å². The van der Waals surface area contributed by atoms with E-state index in [1.807, 2.05) is 0 Å². The summed E-state index contributed by atoms with van der Waals surface area (Å²) in [6.45, 7) is 0. The first-order valence-corrected chi connectivity index (χ1v) is 7.53. The Kier molecular flexibility index (Phi) is 4.15. The second kappa shape index (κ2) is 5.63. The summed E-state index contributed by atoms with van der Waals surface area (Å²) in [4.78, 5) is 0. The summed E-state index contributed by atoms with van der Waals surface area (Å²) in [6.07, 6.45) is 4.92. The maximum absolute atomic E-state index is 13.2. The number of benzene rings is 1. The van der Waals surface area contributed by atoms with Gasteiger partial charge in [-0.2, -0.15) is 0 Å². The highest BCUT2D eigenvalue weighted by atomic mass is 32.2. The molecule has 1 aromatic rings. The monoisotopic (exact) mass is 255 g/mol. The van der Waals surface area contributed by atoms with E-state index in [2.05, 4.69) is 0 Å². The molecule has 2 N–H and O–H groups in total. The topological polar surface area (TPSA) is 43.1 Å². The lowest BCUT2D eigenvalue weighted by Crippen LogP contribution is -2.09. The Labute approximate surface area is 104 Å². The van der Waals surface area contributed by atoms with E-state index < -0.39 is 16.6 Å². The molecule has 1 saturated carbocycles. The van der Waals surface area contributed by atoms with Crippen LogP contribution in [0, 0.1) is 11.7 Å². The molecule has 0 saturated heterocycles. The van der Waals surface area contributed by atoms with Crippen LogP contribution in [0.25, 0.3) is 0 Å². The van der Waals surface area contributed by atoms with E-state index in [0.29, 0.717) is 11.7 Å². The molecule has 1 atom stereocenters. The first-order valence-electron chi connectivity index (χ1n) is 6.04. The minimum Gasteiger partial charge on any atom is -0.396 e. The van der Waals surface area contributed by atoms with Crippen molar-refractivity contribution >= 4 is 16.5 Å². The van der Waals surface area contributed by atoms with Crippen LogP contribution in [0.15, 0.2) is 18.2 Å². The fourth-order valence-corrected chi connectivity index (χ4v) is 3.87. The van der Waals surface area contributed by atoms with Crippen molar-refractivity contribution in [1.29, 1.82) is 0 Å². The van der Waals surface area contributed by atoms with Crippen molar-refractivity contribution in [2.45, 2.75) is 31.4 Å². The molecule has 1 unspecified atom stereocenters. The molecule has 94 valence electrons. The molecule has 0 aliphatic heterocycles. The van der Waals surface area contributed by atoms with E-state index in [4.69, 9.17) is 5.73 Å². The van der Waals surface area contributed by atoms with E-state index in [9.17, 15) is 8.60 Å². The van der Waals surface area contributed by atoms with Gasteiger partial charge in [0, 0.05) is 22.3 Å². The Bertz CT molecular complexity index is 416. The molecule has 0 bridgehead atoms. The van der Waals surface area contributed by atoms with E-state index >= 15 is 0 Å². The molecule has 2 nitrogen and oxygen atoms in total. The SMILES string of the molecule is Nc1ccc(CS(=O)CC2CCCC2)cc1F. The largest absolute Gasteiger partial charge is 0.396 e. The molecule has 4 heteroatoms. The Balaban J connectivity index is 1.90. The first kappa shape index (κ1) is 12.6. The van der Waals surface area contributed by atoms with Crippen LogP contribution in [0.5, 0.6) is 0 Å². The Morgan fingerprint density at radius 2 is 2.06 bits per heavy atom. The van der Waals surface area contributed by atoms with Crippen LogP contribution in [-0.4, -0.2) is 9.96 Å². The smallest absolute Gasteiger partial charge is 0.146 e. The van der Waals surface area contributed by atoms with Gasteiger partial charge in [-0.05, 0) is 36.5 Å². The predicted octanol–water partition coefficient (Wildman–Crippen LogP) is 2.85. The average Bonchev–Trinajstić information content (AvgIpc) is 2.76. The lowest BCUT2D eigenvalue weighted by atomic mass is 10.1. The summed E-state index contributed by atoms with van der Waals surface area (Å²) >= 11 is 0. The standard InChI is InChI=1S/C13H18FNOS/c14-12-7-11(5-6-13(12)15)9-17(16)8-10-3-1-2-4-10/h5-7,10H,1-4,8-9,15H2. The fourth-order valence-electron chi connectivity index (χ4n) is 2.35. The van der Waals surface area contributed by atoms with Crippen molar-refractivity contribution in [3.8, 4) is 0 Å². The molecule has 0 radical (unpaired) electrons. The molecule has 1 aromatic carbocycles. The number of hydrogen-bond acceptors (Lipinski definition) is 2. The van der Waals surface area contributed by atoms with Crippen LogP contribution in [0.1, 0.15) is 31.2 Å². The molecular weight excluding hydrogens is 237 g/mol. The summed E-state index contributed by atoms with van der Waals surface area (Å²) in [5.41, 5.74) is 6.32. The Hall–Kier alpha value is -0.900. The highest BCUT2D eigenvalue weighted by Crippen LogP contribution is 2.26. The number of anilines is 1. The number of nitrogens with two attached hydrogens (primary N) is 1. The lowest BCUT2D eigenvalue weighted by molar-refractivity contribution is 0.604. The Morgan fingerprint density at radius 1 is 1.35 bits per heavy atom. The van der Waals surface area contributed by atoms with Gasteiger partial charge in [0.05, 0.1) is 5.69 Å². The maximum Gasteiger partial charge on any atom is 0.146 e. The van der Waals surface area contributed by atoms with Gasteiger partial charge in [0.2, 0.25) is 0 Å². The van der Waals surface area contributed by atoms with Crippen molar-refractivity contribution in [3.05, 3.63) is 29.6 Å². The average molecular weight is 255 g/mol. The highest BCUT2D eigenvalue weighted by molar-refractivity contribution is 7.84. The van der Waals surface area contributed by atoms with Crippen molar-refractivity contribution in [1.82, 2.24) is 0 Å². The van der Waals surface area contributed by atoms with Crippen LogP contribution in [0.3, 0.4) is 0 Å². The van der Waals surface area contributed by atoms with Crippen LogP contribution >= 0.6 is 0 Å². The number of halogens is 1. The molecule has 1 aliphatic carbocycles. The fraction of sp³-hybridized carbons (Fsp3) is 0.538. The molecule has 0 heterocycles. The van der Waals surface area contributed by atoms with Gasteiger partial charge >= 0.3 is 0 Å². The molecule has 1 fully saturated rings. The van der Waals surface area contributed by atoms with Gasteiger partial charge in [-0.15, -0.1) is 0 Å². The van der Waals surface area contributed by atoms with Gasteiger partial charge in [0.15, 0.2) is 0 Å². The van der Waals surface area contributed by atoms with Gasteiger partial charge in [-0.1, -0.05) is 18.9 Å². The van der Waals surface area contributed by atoms with E-state index in [0.717, 1.165) is 11.3 Å². The minimum atomic E-state index is -0.883. The maximum atomic E-state index is 13.2. The van der Waals surface area contributed by atoms with Crippen LogP contribution in [0.4, 0.5) is 10.1 Å². The zero-order chi connectivity index (χ0) is 12.3. The zero-order valence-electron chi connectivity index (χ0n) is 9.82. The molecule has 0 aromatic heterocycles. The number of hydrogen-bond donors (Lipinski definition) is 1. The molecule has 17 heavy (non-hydrogen) atoms. The first-order chi connectivity index (χ1) is 8.15. The van der Waals surface area contributed by atoms with Crippen LogP contribution in [0.2, 0.25) is 0 Å². The number of nitrogen functional groups attached to an aromatic ring is 1. The molecular formula is C13H18FNOS. The zero-order valence-corrected chi connectivity index (χ0v) is 10.6. The highest BCUT2D eigenvalue weighted by Gasteiger charge is 2.17. The van der Waals surface area contributed by atoms with Gasteiger partial charge in [-0.25, -0.2) is 4.39 Å². The van der Waals surface area contributed by atoms with E-state index in [1.165, 1.54) is 37.8 Å². The molecule has 1 aliphatic rings. The van der Waals surface area contributed by atoms with Crippen LogP contribution in [-0.2, 0) is 16.6 Å². The third-order valence-corrected chi connectivity index (χ3v) is 4.79. The normalized spacial score (nSPS) is 18.4. The van der Waals surface area contributed by atoms with E-state index in [-0.39, 0.29) is 5.69 Å². The van der Waals surface area contributed by atoms with Crippen LogP contribution < -0.4 is 5.73 Å². The predicted molar refractivity (Wildman–Crippen MR) is 69.5 cm³/mol. The van der Waals surface area contributed by atoms with Crippen molar-refractivity contribution in [2.75, 3.05) is 11.5 Å². The van der Waals surface area contributed by atoms with Crippen molar-refractivity contribution in [3.63, 3.8) is 0 Å². The van der Waals surface area contributed by atoms with Gasteiger partial charge in [0.1, 0.15) is 5.82 Å². The number of rotatable bonds is 4. The van der Waals surface area contributed by atoms with Gasteiger partial charge in [-0.3, -0.25) is 4.21 Å². The summed E-state index contributed by atoms with van der Waals surface area (Å²) in [6, 6.07) is 4.68. The second-order valence-electron chi connectivity index (χ2n) is 4.76. The Morgan fingerprint density at radius 3 is 2.71 bits per heavy atom. The summed E-state index contributed by atoms with van der Waals surface area (Å²) in [5.74, 6) is 1.38. The minimum absolute atomic E-state index is 0.148. The molecule has 0 spiro atoms. The quantitative estimate of drug-likeness (QED) is 0.841. The molecule has 0 amide bonds.